The number of nitrogens with zero attached hydrogens (tertiary/aromatic N) is 3. The average Bonchev–Trinajstić information content (AvgIpc) is 3.60. The molecule has 1 saturated carbocycles. The predicted molar refractivity (Wildman–Crippen MR) is 117 cm³/mol. The highest BCUT2D eigenvalue weighted by atomic mass is 32.2. The quantitative estimate of drug-likeness (QED) is 0.684. The fraction of sp³-hybridized carbons (Fsp3) is 0.545. The lowest BCUT2D eigenvalue weighted by atomic mass is 10.0. The summed E-state index contributed by atoms with van der Waals surface area (Å²) in [6.45, 7) is 2.03. The molecular formula is C22H30N4O4S. The summed E-state index contributed by atoms with van der Waals surface area (Å²) in [5.41, 5.74) is 6.68. The minimum atomic E-state index is -3.64. The molecule has 168 valence electrons. The van der Waals surface area contributed by atoms with Crippen molar-refractivity contribution in [3.8, 4) is 0 Å². The summed E-state index contributed by atoms with van der Waals surface area (Å²) in [7, 11) is -3.64. The van der Waals surface area contributed by atoms with Crippen LogP contribution >= 0.6 is 0 Å². The maximum Gasteiger partial charge on any atom is 0.248 e. The van der Waals surface area contributed by atoms with Crippen molar-refractivity contribution in [2.45, 2.75) is 49.5 Å². The highest BCUT2D eigenvalue weighted by molar-refractivity contribution is 7.89. The van der Waals surface area contributed by atoms with E-state index in [0.717, 1.165) is 32.1 Å². The van der Waals surface area contributed by atoms with Crippen molar-refractivity contribution in [1.29, 1.82) is 0 Å². The standard InChI is InChI=1S/C22H30N4O4S/c23-22(28)17-6-10-20(11-7-17)31(29,30)25-14-12-24(13-15-25)16-21(27)26(19-8-9-19)18-4-2-1-3-5-18/h4,6-7,10-11,19H,1-3,5,8-9,12-16H2,(H2,23,28). The molecule has 1 aromatic rings. The first kappa shape index (κ1) is 22.0. The van der Waals surface area contributed by atoms with Gasteiger partial charge >= 0.3 is 0 Å². The Balaban J connectivity index is 1.35. The van der Waals surface area contributed by atoms with Gasteiger partial charge < -0.3 is 10.6 Å². The van der Waals surface area contributed by atoms with E-state index in [-0.39, 0.29) is 16.4 Å². The number of carbonyl (C=O) groups excluding carboxylic acids is 2. The molecule has 0 radical (unpaired) electrons. The van der Waals surface area contributed by atoms with Gasteiger partial charge in [-0.25, -0.2) is 8.42 Å². The summed E-state index contributed by atoms with van der Waals surface area (Å²) < 4.78 is 27.3. The van der Waals surface area contributed by atoms with Crippen LogP contribution in [0.5, 0.6) is 0 Å². The van der Waals surface area contributed by atoms with Crippen LogP contribution in [-0.2, 0) is 14.8 Å². The normalized spacial score (nSPS) is 20.8. The number of hydrogen-bond donors (Lipinski definition) is 1. The Morgan fingerprint density at radius 2 is 1.71 bits per heavy atom. The molecule has 2 N–H and O–H groups in total. The van der Waals surface area contributed by atoms with Crippen LogP contribution in [0.15, 0.2) is 40.9 Å². The molecule has 8 nitrogen and oxygen atoms in total. The van der Waals surface area contributed by atoms with E-state index in [4.69, 9.17) is 5.73 Å². The zero-order valence-corrected chi connectivity index (χ0v) is 18.5. The smallest absolute Gasteiger partial charge is 0.248 e. The molecule has 1 heterocycles. The Kier molecular flexibility index (Phi) is 6.45. The van der Waals surface area contributed by atoms with Gasteiger partial charge in [-0.05, 0) is 62.8 Å². The Labute approximate surface area is 183 Å². The van der Waals surface area contributed by atoms with Crippen molar-refractivity contribution in [1.82, 2.24) is 14.1 Å². The second-order valence-electron chi connectivity index (χ2n) is 8.51. The van der Waals surface area contributed by atoms with Crippen molar-refractivity contribution < 1.29 is 18.0 Å². The van der Waals surface area contributed by atoms with Gasteiger partial charge in [0, 0.05) is 43.5 Å². The van der Waals surface area contributed by atoms with Gasteiger partial charge in [-0.2, -0.15) is 4.31 Å². The third-order valence-electron chi connectivity index (χ3n) is 6.22. The van der Waals surface area contributed by atoms with Gasteiger partial charge in [0.1, 0.15) is 0 Å². The summed E-state index contributed by atoms with van der Waals surface area (Å²) in [4.78, 5) is 28.5. The van der Waals surface area contributed by atoms with Gasteiger partial charge in [-0.1, -0.05) is 6.08 Å². The van der Waals surface area contributed by atoms with Crippen LogP contribution in [0.3, 0.4) is 0 Å². The molecule has 0 bridgehead atoms. The lowest BCUT2D eigenvalue weighted by Crippen LogP contribution is -2.51. The van der Waals surface area contributed by atoms with Crippen molar-refractivity contribution in [3.63, 3.8) is 0 Å². The van der Waals surface area contributed by atoms with E-state index in [1.54, 1.807) is 0 Å². The van der Waals surface area contributed by atoms with Gasteiger partial charge in [-0.3, -0.25) is 14.5 Å². The third kappa shape index (κ3) is 4.99. The lowest BCUT2D eigenvalue weighted by molar-refractivity contribution is -0.131. The summed E-state index contributed by atoms with van der Waals surface area (Å²) in [6.07, 6.45) is 8.71. The molecule has 2 fully saturated rings. The molecule has 0 spiro atoms. The van der Waals surface area contributed by atoms with Crippen LogP contribution in [0.1, 0.15) is 48.9 Å². The number of sulfonamides is 1. The van der Waals surface area contributed by atoms with E-state index >= 15 is 0 Å². The van der Waals surface area contributed by atoms with E-state index in [9.17, 15) is 18.0 Å². The zero-order chi connectivity index (χ0) is 22.0. The minimum Gasteiger partial charge on any atom is -0.366 e. The third-order valence-corrected chi connectivity index (χ3v) is 8.14. The first-order valence-corrected chi connectivity index (χ1v) is 12.4. The molecule has 4 rings (SSSR count). The molecule has 9 heteroatoms. The van der Waals surface area contributed by atoms with Crippen LogP contribution in [-0.4, -0.2) is 73.1 Å². The monoisotopic (exact) mass is 446 g/mol. The molecule has 0 aromatic heterocycles. The van der Waals surface area contributed by atoms with Crippen LogP contribution < -0.4 is 5.73 Å². The highest BCUT2D eigenvalue weighted by Crippen LogP contribution is 2.34. The summed E-state index contributed by atoms with van der Waals surface area (Å²) in [6, 6.07) is 6.03. The van der Waals surface area contributed by atoms with Gasteiger partial charge in [0.15, 0.2) is 0 Å². The number of piperazine rings is 1. The van der Waals surface area contributed by atoms with Crippen LogP contribution in [0.2, 0.25) is 0 Å². The number of carbonyl (C=O) groups is 2. The van der Waals surface area contributed by atoms with Crippen molar-refractivity contribution in [2.75, 3.05) is 32.7 Å². The number of benzene rings is 1. The SMILES string of the molecule is NC(=O)c1ccc(S(=O)(=O)N2CCN(CC(=O)N(C3=CCCCC3)C3CC3)CC2)cc1. The van der Waals surface area contributed by atoms with E-state index in [0.29, 0.717) is 38.8 Å². The summed E-state index contributed by atoms with van der Waals surface area (Å²) in [5.74, 6) is -0.458. The molecule has 1 aliphatic heterocycles. The number of amides is 2. The van der Waals surface area contributed by atoms with Crippen LogP contribution in [0, 0.1) is 0 Å². The van der Waals surface area contributed by atoms with E-state index in [1.165, 1.54) is 40.7 Å². The predicted octanol–water partition coefficient (Wildman–Crippen LogP) is 1.54. The molecule has 31 heavy (non-hydrogen) atoms. The Morgan fingerprint density at radius 3 is 2.26 bits per heavy atom. The van der Waals surface area contributed by atoms with Gasteiger partial charge in [-0.15, -0.1) is 0 Å². The minimum absolute atomic E-state index is 0.133. The van der Waals surface area contributed by atoms with Crippen molar-refractivity contribution in [3.05, 3.63) is 41.6 Å². The number of allylic oxidation sites excluding steroid dienone is 2. The number of rotatable bonds is 7. The molecule has 0 unspecified atom stereocenters. The molecule has 1 saturated heterocycles. The molecule has 2 amide bonds. The number of nitrogens with two attached hydrogens (primary N) is 1. The van der Waals surface area contributed by atoms with Crippen LogP contribution in [0.4, 0.5) is 0 Å². The number of hydrogen-bond acceptors (Lipinski definition) is 5. The molecular weight excluding hydrogens is 416 g/mol. The fourth-order valence-electron chi connectivity index (χ4n) is 4.31. The summed E-state index contributed by atoms with van der Waals surface area (Å²) >= 11 is 0. The molecule has 3 aliphatic rings. The van der Waals surface area contributed by atoms with Crippen LogP contribution in [0.25, 0.3) is 0 Å². The van der Waals surface area contributed by atoms with Crippen molar-refractivity contribution in [2.24, 2.45) is 5.73 Å². The van der Waals surface area contributed by atoms with Gasteiger partial charge in [0.05, 0.1) is 11.4 Å². The lowest BCUT2D eigenvalue weighted by Gasteiger charge is -2.35. The van der Waals surface area contributed by atoms with E-state index in [2.05, 4.69) is 6.08 Å². The summed E-state index contributed by atoms with van der Waals surface area (Å²) in [5, 5.41) is 0. The second kappa shape index (κ2) is 9.10. The fourth-order valence-corrected chi connectivity index (χ4v) is 5.73. The molecule has 0 atom stereocenters. The Hall–Kier alpha value is -2.23. The topological polar surface area (TPSA) is 104 Å². The zero-order valence-electron chi connectivity index (χ0n) is 17.7. The highest BCUT2D eigenvalue weighted by Gasteiger charge is 2.36. The average molecular weight is 447 g/mol. The largest absolute Gasteiger partial charge is 0.366 e. The number of primary amides is 1. The Morgan fingerprint density at radius 1 is 1.03 bits per heavy atom. The van der Waals surface area contributed by atoms with Gasteiger partial charge in [0.25, 0.3) is 0 Å². The first-order valence-electron chi connectivity index (χ1n) is 11.0. The maximum absolute atomic E-state index is 13.1. The van der Waals surface area contributed by atoms with E-state index in [1.807, 2.05) is 9.80 Å². The van der Waals surface area contributed by atoms with Crippen molar-refractivity contribution >= 4 is 21.8 Å². The molecule has 2 aliphatic carbocycles. The second-order valence-corrected chi connectivity index (χ2v) is 10.4. The molecule has 1 aromatic carbocycles. The Bertz CT molecular complexity index is 962. The van der Waals surface area contributed by atoms with Gasteiger partial charge in [0.2, 0.25) is 21.8 Å². The first-order chi connectivity index (χ1) is 14.9. The maximum atomic E-state index is 13.1. The van der Waals surface area contributed by atoms with E-state index < -0.39 is 15.9 Å².